The SMILES string of the molecule is Cc1cc(F)cc(C(=O)N2CC(=O)Nc3ccccc32)c1. The van der Waals surface area contributed by atoms with Crippen molar-refractivity contribution in [2.24, 2.45) is 0 Å². The standard InChI is InChI=1S/C16H13FN2O2/c1-10-6-11(8-12(17)7-10)16(21)19-9-15(20)18-13-4-2-3-5-14(13)19/h2-8H,9H2,1H3,(H,18,20). The Hall–Kier alpha value is -2.69. The highest BCUT2D eigenvalue weighted by Gasteiger charge is 2.27. The van der Waals surface area contributed by atoms with E-state index >= 15 is 0 Å². The molecule has 2 aromatic rings. The fourth-order valence-corrected chi connectivity index (χ4v) is 2.43. The van der Waals surface area contributed by atoms with E-state index in [1.54, 1.807) is 37.3 Å². The first-order valence-corrected chi connectivity index (χ1v) is 6.52. The van der Waals surface area contributed by atoms with Crippen molar-refractivity contribution in [3.8, 4) is 0 Å². The van der Waals surface area contributed by atoms with E-state index < -0.39 is 5.82 Å². The van der Waals surface area contributed by atoms with E-state index in [-0.39, 0.29) is 23.9 Å². The monoisotopic (exact) mass is 284 g/mol. The van der Waals surface area contributed by atoms with Crippen molar-refractivity contribution in [1.29, 1.82) is 0 Å². The zero-order valence-corrected chi connectivity index (χ0v) is 11.4. The van der Waals surface area contributed by atoms with Crippen LogP contribution in [0.1, 0.15) is 15.9 Å². The summed E-state index contributed by atoms with van der Waals surface area (Å²) >= 11 is 0. The van der Waals surface area contributed by atoms with Crippen LogP contribution in [0.2, 0.25) is 0 Å². The summed E-state index contributed by atoms with van der Waals surface area (Å²) in [5, 5.41) is 2.71. The summed E-state index contributed by atoms with van der Waals surface area (Å²) in [6, 6.07) is 11.2. The molecule has 0 aliphatic carbocycles. The molecule has 0 aromatic heterocycles. The summed E-state index contributed by atoms with van der Waals surface area (Å²) < 4.78 is 13.5. The van der Waals surface area contributed by atoms with Gasteiger partial charge in [-0.1, -0.05) is 12.1 Å². The van der Waals surface area contributed by atoms with Gasteiger partial charge in [0.15, 0.2) is 0 Å². The largest absolute Gasteiger partial charge is 0.323 e. The van der Waals surface area contributed by atoms with Gasteiger partial charge in [-0.15, -0.1) is 0 Å². The van der Waals surface area contributed by atoms with E-state index in [1.165, 1.54) is 17.0 Å². The molecule has 5 heteroatoms. The number of nitrogens with zero attached hydrogens (tertiary/aromatic N) is 1. The van der Waals surface area contributed by atoms with E-state index in [9.17, 15) is 14.0 Å². The topological polar surface area (TPSA) is 49.4 Å². The minimum atomic E-state index is -0.465. The number of hydrogen-bond donors (Lipinski definition) is 1. The van der Waals surface area contributed by atoms with Gasteiger partial charge < -0.3 is 5.32 Å². The maximum atomic E-state index is 13.5. The van der Waals surface area contributed by atoms with Crippen LogP contribution in [0.25, 0.3) is 0 Å². The summed E-state index contributed by atoms with van der Waals surface area (Å²) in [6.45, 7) is 1.64. The van der Waals surface area contributed by atoms with Gasteiger partial charge in [0.05, 0.1) is 11.4 Å². The van der Waals surface area contributed by atoms with Crippen molar-refractivity contribution in [3.63, 3.8) is 0 Å². The second-order valence-corrected chi connectivity index (χ2v) is 4.97. The number of para-hydroxylation sites is 2. The number of carbonyl (C=O) groups excluding carboxylic acids is 2. The Labute approximate surface area is 121 Å². The van der Waals surface area contributed by atoms with Gasteiger partial charge in [0, 0.05) is 5.56 Å². The quantitative estimate of drug-likeness (QED) is 0.875. The highest BCUT2D eigenvalue weighted by Crippen LogP contribution is 2.30. The molecular weight excluding hydrogens is 271 g/mol. The van der Waals surface area contributed by atoms with Crippen molar-refractivity contribution in [3.05, 3.63) is 59.4 Å². The number of rotatable bonds is 1. The molecule has 1 aliphatic rings. The molecule has 0 saturated heterocycles. The van der Waals surface area contributed by atoms with Crippen LogP contribution >= 0.6 is 0 Å². The molecule has 0 fully saturated rings. The maximum absolute atomic E-state index is 13.5. The van der Waals surface area contributed by atoms with Crippen molar-refractivity contribution >= 4 is 23.2 Å². The second kappa shape index (κ2) is 5.01. The number of amides is 2. The Morgan fingerprint density at radius 1 is 1.24 bits per heavy atom. The molecule has 106 valence electrons. The molecule has 0 bridgehead atoms. The fourth-order valence-electron chi connectivity index (χ4n) is 2.43. The zero-order valence-electron chi connectivity index (χ0n) is 11.4. The van der Waals surface area contributed by atoms with E-state index in [1.807, 2.05) is 0 Å². The van der Waals surface area contributed by atoms with Crippen LogP contribution in [0.5, 0.6) is 0 Å². The van der Waals surface area contributed by atoms with Gasteiger partial charge in [0.25, 0.3) is 5.91 Å². The van der Waals surface area contributed by atoms with Crippen LogP contribution in [0.4, 0.5) is 15.8 Å². The fraction of sp³-hybridized carbons (Fsp3) is 0.125. The predicted molar refractivity (Wildman–Crippen MR) is 77.9 cm³/mol. The smallest absolute Gasteiger partial charge is 0.258 e. The number of hydrogen-bond acceptors (Lipinski definition) is 2. The van der Waals surface area contributed by atoms with Gasteiger partial charge in [-0.2, -0.15) is 0 Å². The highest BCUT2D eigenvalue weighted by atomic mass is 19.1. The number of benzene rings is 2. The molecule has 21 heavy (non-hydrogen) atoms. The third-order valence-electron chi connectivity index (χ3n) is 3.30. The van der Waals surface area contributed by atoms with Crippen LogP contribution in [0, 0.1) is 12.7 Å². The van der Waals surface area contributed by atoms with Gasteiger partial charge >= 0.3 is 0 Å². The average molecular weight is 284 g/mol. The van der Waals surface area contributed by atoms with Gasteiger partial charge in [-0.05, 0) is 42.8 Å². The molecule has 1 N–H and O–H groups in total. The Morgan fingerprint density at radius 3 is 2.76 bits per heavy atom. The van der Waals surface area contributed by atoms with Gasteiger partial charge in [-0.25, -0.2) is 4.39 Å². The van der Waals surface area contributed by atoms with Crippen LogP contribution in [0.3, 0.4) is 0 Å². The van der Waals surface area contributed by atoms with Gasteiger partial charge in [0.2, 0.25) is 5.91 Å². The lowest BCUT2D eigenvalue weighted by atomic mass is 10.1. The molecule has 4 nitrogen and oxygen atoms in total. The lowest BCUT2D eigenvalue weighted by molar-refractivity contribution is -0.115. The molecule has 0 unspecified atom stereocenters. The van der Waals surface area contributed by atoms with Gasteiger partial charge in [-0.3, -0.25) is 14.5 Å². The normalized spacial score (nSPS) is 13.6. The zero-order chi connectivity index (χ0) is 15.0. The third-order valence-corrected chi connectivity index (χ3v) is 3.30. The van der Waals surface area contributed by atoms with E-state index in [4.69, 9.17) is 0 Å². The summed E-state index contributed by atoms with van der Waals surface area (Å²) in [5.41, 5.74) is 2.09. The highest BCUT2D eigenvalue weighted by molar-refractivity contribution is 6.15. The molecule has 0 saturated carbocycles. The van der Waals surface area contributed by atoms with Crippen molar-refractivity contribution in [2.75, 3.05) is 16.8 Å². The van der Waals surface area contributed by atoms with Crippen LogP contribution in [-0.2, 0) is 4.79 Å². The molecule has 1 heterocycles. The van der Waals surface area contributed by atoms with Gasteiger partial charge in [0.1, 0.15) is 12.4 Å². The Kier molecular flexibility index (Phi) is 3.17. The predicted octanol–water partition coefficient (Wildman–Crippen LogP) is 2.73. The van der Waals surface area contributed by atoms with Crippen LogP contribution < -0.4 is 10.2 Å². The first-order chi connectivity index (χ1) is 10.0. The number of nitrogens with one attached hydrogen (secondary N) is 1. The Morgan fingerprint density at radius 2 is 2.00 bits per heavy atom. The molecule has 0 radical (unpaired) electrons. The number of halogens is 1. The van der Waals surface area contributed by atoms with E-state index in [0.717, 1.165) is 0 Å². The maximum Gasteiger partial charge on any atom is 0.258 e. The molecule has 0 spiro atoms. The molecule has 1 aliphatic heterocycles. The van der Waals surface area contributed by atoms with E-state index in [2.05, 4.69) is 5.32 Å². The number of anilines is 2. The second-order valence-electron chi connectivity index (χ2n) is 4.97. The van der Waals surface area contributed by atoms with Crippen molar-refractivity contribution < 1.29 is 14.0 Å². The first-order valence-electron chi connectivity index (χ1n) is 6.52. The summed E-state index contributed by atoms with van der Waals surface area (Å²) in [6.07, 6.45) is 0. The van der Waals surface area contributed by atoms with E-state index in [0.29, 0.717) is 16.9 Å². The minimum absolute atomic E-state index is 0.0780. The number of fused-ring (bicyclic) bond motifs is 1. The minimum Gasteiger partial charge on any atom is -0.323 e. The summed E-state index contributed by atoms with van der Waals surface area (Å²) in [7, 11) is 0. The Balaban J connectivity index is 2.03. The molecule has 2 amide bonds. The number of carbonyl (C=O) groups is 2. The third kappa shape index (κ3) is 2.50. The summed E-state index contributed by atoms with van der Waals surface area (Å²) in [5.74, 6) is -1.12. The number of aryl methyl sites for hydroxylation is 1. The summed E-state index contributed by atoms with van der Waals surface area (Å²) in [4.78, 5) is 25.7. The van der Waals surface area contributed by atoms with Crippen molar-refractivity contribution in [1.82, 2.24) is 0 Å². The lowest BCUT2D eigenvalue weighted by Crippen LogP contribution is -2.42. The lowest BCUT2D eigenvalue weighted by Gasteiger charge is -2.29. The van der Waals surface area contributed by atoms with Crippen LogP contribution in [-0.4, -0.2) is 18.4 Å². The Bertz CT molecular complexity index is 723. The van der Waals surface area contributed by atoms with Crippen LogP contribution in [0.15, 0.2) is 42.5 Å². The average Bonchev–Trinajstić information content (AvgIpc) is 2.44. The molecule has 0 atom stereocenters. The van der Waals surface area contributed by atoms with Crippen molar-refractivity contribution in [2.45, 2.75) is 6.92 Å². The molecule has 2 aromatic carbocycles. The first kappa shape index (κ1) is 13.3. The molecular formula is C16H13FN2O2. The molecule has 3 rings (SSSR count).